The van der Waals surface area contributed by atoms with E-state index in [0.29, 0.717) is 17.6 Å². The van der Waals surface area contributed by atoms with Gasteiger partial charge in [-0.25, -0.2) is 0 Å². The van der Waals surface area contributed by atoms with E-state index < -0.39 is 5.60 Å². The zero-order valence-corrected chi connectivity index (χ0v) is 11.2. The zero-order valence-electron chi connectivity index (χ0n) is 10.4. The molecule has 3 heteroatoms. The normalized spacial score (nSPS) is 19.4. The van der Waals surface area contributed by atoms with E-state index in [0.717, 1.165) is 5.56 Å². The van der Waals surface area contributed by atoms with Crippen molar-refractivity contribution < 1.29 is 5.11 Å². The molecular weight excluding hydrogens is 234 g/mol. The van der Waals surface area contributed by atoms with Crippen LogP contribution in [0.4, 0.5) is 0 Å². The van der Waals surface area contributed by atoms with Crippen molar-refractivity contribution in [2.75, 3.05) is 6.54 Å². The Hall–Kier alpha value is -0.570. The Balaban J connectivity index is 2.16. The van der Waals surface area contributed by atoms with Crippen LogP contribution >= 0.6 is 11.6 Å². The topological polar surface area (TPSA) is 32.3 Å². The van der Waals surface area contributed by atoms with Gasteiger partial charge < -0.3 is 10.4 Å². The molecule has 2 rings (SSSR count). The number of hydrogen-bond donors (Lipinski definition) is 2. The first-order chi connectivity index (χ1) is 8.02. The lowest BCUT2D eigenvalue weighted by Crippen LogP contribution is -2.43. The molecule has 1 atom stereocenters. The van der Waals surface area contributed by atoms with Gasteiger partial charge >= 0.3 is 0 Å². The molecule has 0 aromatic heterocycles. The van der Waals surface area contributed by atoms with Crippen molar-refractivity contribution in [1.29, 1.82) is 0 Å². The molecule has 17 heavy (non-hydrogen) atoms. The van der Waals surface area contributed by atoms with Gasteiger partial charge in [-0.15, -0.1) is 0 Å². The van der Waals surface area contributed by atoms with Gasteiger partial charge in [0.2, 0.25) is 0 Å². The van der Waals surface area contributed by atoms with E-state index in [1.54, 1.807) is 0 Å². The maximum atomic E-state index is 10.8. The van der Waals surface area contributed by atoms with Crippen LogP contribution < -0.4 is 5.32 Å². The number of rotatable bonds is 5. The van der Waals surface area contributed by atoms with Crippen molar-refractivity contribution in [3.05, 3.63) is 34.9 Å². The average Bonchev–Trinajstić information content (AvgIpc) is 3.10. The third-order valence-electron chi connectivity index (χ3n) is 3.54. The van der Waals surface area contributed by atoms with E-state index in [1.165, 1.54) is 12.8 Å². The Morgan fingerprint density at radius 1 is 1.35 bits per heavy atom. The lowest BCUT2D eigenvalue weighted by molar-refractivity contribution is -0.00953. The predicted molar refractivity (Wildman–Crippen MR) is 71.2 cm³/mol. The van der Waals surface area contributed by atoms with Crippen LogP contribution in [0.3, 0.4) is 0 Å². The molecule has 1 saturated carbocycles. The van der Waals surface area contributed by atoms with Gasteiger partial charge in [0, 0.05) is 17.6 Å². The quantitative estimate of drug-likeness (QED) is 0.846. The van der Waals surface area contributed by atoms with Crippen LogP contribution in [0.25, 0.3) is 0 Å². The molecule has 1 aromatic carbocycles. The van der Waals surface area contributed by atoms with Crippen molar-refractivity contribution >= 4 is 11.6 Å². The van der Waals surface area contributed by atoms with Gasteiger partial charge in [0.25, 0.3) is 0 Å². The summed E-state index contributed by atoms with van der Waals surface area (Å²) in [5.41, 5.74) is 0.123. The van der Waals surface area contributed by atoms with E-state index in [1.807, 2.05) is 38.1 Å². The van der Waals surface area contributed by atoms with Crippen molar-refractivity contribution in [1.82, 2.24) is 5.32 Å². The molecule has 2 N–H and O–H groups in total. The van der Waals surface area contributed by atoms with Crippen LogP contribution in [-0.2, 0) is 5.60 Å². The molecule has 0 heterocycles. The molecule has 0 amide bonds. The Morgan fingerprint density at radius 3 is 2.41 bits per heavy atom. The fraction of sp³-hybridized carbons (Fsp3) is 0.571. The molecule has 0 bridgehead atoms. The lowest BCUT2D eigenvalue weighted by Gasteiger charge is -2.33. The summed E-state index contributed by atoms with van der Waals surface area (Å²) in [7, 11) is 0. The number of hydrogen-bond acceptors (Lipinski definition) is 2. The second-order valence-electron chi connectivity index (χ2n) is 5.24. The summed E-state index contributed by atoms with van der Waals surface area (Å²) in [6, 6.07) is 8.10. The average molecular weight is 254 g/mol. The summed E-state index contributed by atoms with van der Waals surface area (Å²) in [6.45, 7) is 4.70. The lowest BCUT2D eigenvalue weighted by atomic mass is 9.83. The summed E-state index contributed by atoms with van der Waals surface area (Å²) in [5, 5.41) is 14.9. The minimum Gasteiger partial charge on any atom is -0.384 e. The second kappa shape index (κ2) is 4.97. The molecular formula is C14H20ClNO. The number of nitrogens with one attached hydrogen (secondary N) is 1. The van der Waals surface area contributed by atoms with E-state index in [4.69, 9.17) is 11.6 Å². The fourth-order valence-electron chi connectivity index (χ4n) is 1.97. The molecule has 0 aliphatic heterocycles. The molecule has 0 radical (unpaired) electrons. The largest absolute Gasteiger partial charge is 0.384 e. The Labute approximate surface area is 108 Å². The highest BCUT2D eigenvalue weighted by Gasteiger charge is 2.34. The maximum Gasteiger partial charge on any atom is 0.104 e. The van der Waals surface area contributed by atoms with Gasteiger partial charge in [0.15, 0.2) is 0 Å². The van der Waals surface area contributed by atoms with Crippen LogP contribution in [0.1, 0.15) is 32.3 Å². The van der Waals surface area contributed by atoms with Crippen molar-refractivity contribution in [3.63, 3.8) is 0 Å². The van der Waals surface area contributed by atoms with Gasteiger partial charge in [0.1, 0.15) is 5.60 Å². The SMILES string of the molecule is CC(C)C(O)(CNC1CC1)c1ccc(Cl)cc1. The summed E-state index contributed by atoms with van der Waals surface area (Å²) in [6.07, 6.45) is 2.46. The van der Waals surface area contributed by atoms with Crippen LogP contribution in [0.5, 0.6) is 0 Å². The monoisotopic (exact) mass is 253 g/mol. The zero-order chi connectivity index (χ0) is 12.5. The minimum atomic E-state index is -0.812. The van der Waals surface area contributed by atoms with E-state index >= 15 is 0 Å². The summed E-state index contributed by atoms with van der Waals surface area (Å²) in [5.74, 6) is 0.162. The predicted octanol–water partition coefficient (Wildman–Crippen LogP) is 2.94. The highest BCUT2D eigenvalue weighted by atomic mass is 35.5. The van der Waals surface area contributed by atoms with Gasteiger partial charge in [-0.3, -0.25) is 0 Å². The molecule has 1 aliphatic carbocycles. The molecule has 94 valence electrons. The molecule has 1 aliphatic rings. The fourth-order valence-corrected chi connectivity index (χ4v) is 2.09. The van der Waals surface area contributed by atoms with E-state index in [-0.39, 0.29) is 5.92 Å². The van der Waals surface area contributed by atoms with Gasteiger partial charge in [-0.2, -0.15) is 0 Å². The second-order valence-corrected chi connectivity index (χ2v) is 5.68. The number of aliphatic hydroxyl groups is 1. The Morgan fingerprint density at radius 2 is 1.94 bits per heavy atom. The number of halogens is 1. The van der Waals surface area contributed by atoms with Crippen molar-refractivity contribution in [2.24, 2.45) is 5.92 Å². The molecule has 0 spiro atoms. The van der Waals surface area contributed by atoms with Gasteiger partial charge in [-0.05, 0) is 36.5 Å². The Kier molecular flexibility index (Phi) is 3.76. The first-order valence-corrected chi connectivity index (χ1v) is 6.62. The van der Waals surface area contributed by atoms with E-state index in [2.05, 4.69) is 5.32 Å². The molecule has 1 aromatic rings. The minimum absolute atomic E-state index is 0.162. The molecule has 2 nitrogen and oxygen atoms in total. The van der Waals surface area contributed by atoms with Crippen LogP contribution in [-0.4, -0.2) is 17.7 Å². The molecule has 1 unspecified atom stereocenters. The van der Waals surface area contributed by atoms with E-state index in [9.17, 15) is 5.11 Å². The summed E-state index contributed by atoms with van der Waals surface area (Å²) in [4.78, 5) is 0. The van der Waals surface area contributed by atoms with Crippen molar-refractivity contribution in [3.8, 4) is 0 Å². The summed E-state index contributed by atoms with van der Waals surface area (Å²) < 4.78 is 0. The standard InChI is InChI=1S/C14H20ClNO/c1-10(2)14(17,9-16-13-7-8-13)11-3-5-12(15)6-4-11/h3-6,10,13,16-17H,7-9H2,1-2H3. The maximum absolute atomic E-state index is 10.8. The third kappa shape index (κ3) is 3.01. The van der Waals surface area contributed by atoms with Crippen LogP contribution in [0, 0.1) is 5.92 Å². The first-order valence-electron chi connectivity index (χ1n) is 6.24. The third-order valence-corrected chi connectivity index (χ3v) is 3.79. The van der Waals surface area contributed by atoms with Gasteiger partial charge in [-0.1, -0.05) is 37.6 Å². The molecule has 1 fully saturated rings. The highest BCUT2D eigenvalue weighted by molar-refractivity contribution is 6.30. The summed E-state index contributed by atoms with van der Waals surface area (Å²) >= 11 is 5.88. The molecule has 0 saturated heterocycles. The number of benzene rings is 1. The Bertz CT molecular complexity index is 372. The van der Waals surface area contributed by atoms with Gasteiger partial charge in [0.05, 0.1) is 0 Å². The van der Waals surface area contributed by atoms with Crippen LogP contribution in [0.15, 0.2) is 24.3 Å². The van der Waals surface area contributed by atoms with Crippen molar-refractivity contribution in [2.45, 2.75) is 38.3 Å². The van der Waals surface area contributed by atoms with Crippen LogP contribution in [0.2, 0.25) is 5.02 Å². The highest BCUT2D eigenvalue weighted by Crippen LogP contribution is 2.31. The first kappa shape index (κ1) is 12.9. The smallest absolute Gasteiger partial charge is 0.104 e.